The number of methoxy groups -OCH3 is 1. The SMILES string of the molecule is COc1cc(C(=O)N(CCC#N)C(C)C)ccc1N. The number of nitrogen functional groups attached to an aromatic ring is 1. The molecule has 1 rings (SSSR count). The molecule has 19 heavy (non-hydrogen) atoms. The predicted molar refractivity (Wildman–Crippen MR) is 73.8 cm³/mol. The van der Waals surface area contributed by atoms with Crippen LogP contribution in [0, 0.1) is 11.3 Å². The van der Waals surface area contributed by atoms with Crippen molar-refractivity contribution in [2.75, 3.05) is 19.4 Å². The van der Waals surface area contributed by atoms with Crippen molar-refractivity contribution in [3.05, 3.63) is 23.8 Å². The molecular formula is C14H19N3O2. The van der Waals surface area contributed by atoms with E-state index in [1.165, 1.54) is 7.11 Å². The van der Waals surface area contributed by atoms with Crippen molar-refractivity contribution >= 4 is 11.6 Å². The molecular weight excluding hydrogens is 242 g/mol. The summed E-state index contributed by atoms with van der Waals surface area (Å²) in [5, 5.41) is 8.64. The molecule has 0 atom stereocenters. The molecule has 0 radical (unpaired) electrons. The zero-order chi connectivity index (χ0) is 14.4. The Hall–Kier alpha value is -2.22. The van der Waals surface area contributed by atoms with Gasteiger partial charge < -0.3 is 15.4 Å². The van der Waals surface area contributed by atoms with Gasteiger partial charge in [-0.3, -0.25) is 4.79 Å². The lowest BCUT2D eigenvalue weighted by Gasteiger charge is -2.26. The smallest absolute Gasteiger partial charge is 0.254 e. The molecule has 0 unspecified atom stereocenters. The third-order valence-corrected chi connectivity index (χ3v) is 2.83. The summed E-state index contributed by atoms with van der Waals surface area (Å²) in [4.78, 5) is 14.1. The molecule has 0 saturated heterocycles. The van der Waals surface area contributed by atoms with Crippen LogP contribution >= 0.6 is 0 Å². The van der Waals surface area contributed by atoms with E-state index in [2.05, 4.69) is 6.07 Å². The van der Waals surface area contributed by atoms with Gasteiger partial charge in [0.05, 0.1) is 25.3 Å². The third kappa shape index (κ3) is 3.62. The summed E-state index contributed by atoms with van der Waals surface area (Å²) in [5.74, 6) is 0.360. The van der Waals surface area contributed by atoms with Crippen LogP contribution in [-0.4, -0.2) is 30.5 Å². The van der Waals surface area contributed by atoms with Gasteiger partial charge in [0.25, 0.3) is 5.91 Å². The van der Waals surface area contributed by atoms with Crippen LogP contribution in [0.2, 0.25) is 0 Å². The first-order chi connectivity index (χ1) is 9.01. The summed E-state index contributed by atoms with van der Waals surface area (Å²) >= 11 is 0. The molecule has 0 saturated carbocycles. The first-order valence-corrected chi connectivity index (χ1v) is 6.12. The summed E-state index contributed by atoms with van der Waals surface area (Å²) in [6, 6.07) is 7.03. The molecule has 0 aromatic heterocycles. The largest absolute Gasteiger partial charge is 0.495 e. The minimum absolute atomic E-state index is 0.0318. The molecule has 0 spiro atoms. The van der Waals surface area contributed by atoms with E-state index in [1.807, 2.05) is 13.8 Å². The van der Waals surface area contributed by atoms with E-state index >= 15 is 0 Å². The van der Waals surface area contributed by atoms with Gasteiger partial charge >= 0.3 is 0 Å². The molecule has 1 amide bonds. The fraction of sp³-hybridized carbons (Fsp3) is 0.429. The lowest BCUT2D eigenvalue weighted by molar-refractivity contribution is 0.0710. The molecule has 0 fully saturated rings. The normalized spacial score (nSPS) is 10.1. The van der Waals surface area contributed by atoms with E-state index in [4.69, 9.17) is 15.7 Å². The Morgan fingerprint density at radius 1 is 1.53 bits per heavy atom. The Morgan fingerprint density at radius 3 is 2.74 bits per heavy atom. The highest BCUT2D eigenvalue weighted by atomic mass is 16.5. The monoisotopic (exact) mass is 261 g/mol. The number of nitrogens with zero attached hydrogens (tertiary/aromatic N) is 2. The van der Waals surface area contributed by atoms with Crippen molar-refractivity contribution in [3.8, 4) is 11.8 Å². The van der Waals surface area contributed by atoms with Crippen LogP contribution in [0.4, 0.5) is 5.69 Å². The summed E-state index contributed by atoms with van der Waals surface area (Å²) in [6.45, 7) is 4.26. The number of benzene rings is 1. The van der Waals surface area contributed by atoms with Gasteiger partial charge in [-0.2, -0.15) is 5.26 Å². The predicted octanol–water partition coefficient (Wildman–Crippen LogP) is 2.04. The van der Waals surface area contributed by atoms with Gasteiger partial charge in [-0.1, -0.05) is 0 Å². The molecule has 102 valence electrons. The zero-order valence-electron chi connectivity index (χ0n) is 11.5. The number of carbonyl (C=O) groups is 1. The summed E-state index contributed by atoms with van der Waals surface area (Å²) in [5.41, 5.74) is 6.73. The Labute approximate surface area is 113 Å². The van der Waals surface area contributed by atoms with E-state index in [9.17, 15) is 4.79 Å². The van der Waals surface area contributed by atoms with Gasteiger partial charge in [0.15, 0.2) is 0 Å². The Morgan fingerprint density at radius 2 is 2.21 bits per heavy atom. The van der Waals surface area contributed by atoms with Crippen molar-refractivity contribution in [1.29, 1.82) is 5.26 Å². The lowest BCUT2D eigenvalue weighted by Crippen LogP contribution is -2.37. The minimum atomic E-state index is -0.122. The van der Waals surface area contributed by atoms with Gasteiger partial charge in [0.1, 0.15) is 5.75 Å². The molecule has 0 bridgehead atoms. The maximum absolute atomic E-state index is 12.4. The van der Waals surface area contributed by atoms with E-state index in [-0.39, 0.29) is 11.9 Å². The number of amides is 1. The minimum Gasteiger partial charge on any atom is -0.495 e. The molecule has 1 aromatic rings. The number of carbonyl (C=O) groups excluding carboxylic acids is 1. The van der Waals surface area contributed by atoms with E-state index < -0.39 is 0 Å². The van der Waals surface area contributed by atoms with Crippen LogP contribution in [0.15, 0.2) is 18.2 Å². The topological polar surface area (TPSA) is 79.3 Å². The number of rotatable bonds is 5. The first-order valence-electron chi connectivity index (χ1n) is 6.12. The van der Waals surface area contributed by atoms with Crippen molar-refractivity contribution in [3.63, 3.8) is 0 Å². The molecule has 5 nitrogen and oxygen atoms in total. The van der Waals surface area contributed by atoms with E-state index in [0.717, 1.165) is 0 Å². The first kappa shape index (κ1) is 14.8. The second-order valence-electron chi connectivity index (χ2n) is 4.46. The van der Waals surface area contributed by atoms with Crippen molar-refractivity contribution < 1.29 is 9.53 Å². The number of hydrogen-bond donors (Lipinski definition) is 1. The average Bonchev–Trinajstić information content (AvgIpc) is 2.39. The molecule has 1 aromatic carbocycles. The summed E-state index contributed by atoms with van der Waals surface area (Å²) in [6.07, 6.45) is 0.316. The highest BCUT2D eigenvalue weighted by Gasteiger charge is 2.19. The third-order valence-electron chi connectivity index (χ3n) is 2.83. The van der Waals surface area contributed by atoms with Crippen LogP contribution in [0.3, 0.4) is 0 Å². The van der Waals surface area contributed by atoms with E-state index in [0.29, 0.717) is 30.0 Å². The van der Waals surface area contributed by atoms with Crippen molar-refractivity contribution in [2.45, 2.75) is 26.3 Å². The van der Waals surface area contributed by atoms with Gasteiger partial charge in [0.2, 0.25) is 0 Å². The molecule has 0 aliphatic rings. The molecule has 5 heteroatoms. The van der Waals surface area contributed by atoms with Gasteiger partial charge in [-0.25, -0.2) is 0 Å². The van der Waals surface area contributed by atoms with Crippen molar-refractivity contribution in [2.24, 2.45) is 0 Å². The summed E-state index contributed by atoms with van der Waals surface area (Å²) in [7, 11) is 1.51. The van der Waals surface area contributed by atoms with Crippen LogP contribution in [0.25, 0.3) is 0 Å². The quantitative estimate of drug-likeness (QED) is 0.822. The van der Waals surface area contributed by atoms with Gasteiger partial charge in [-0.05, 0) is 32.0 Å². The number of nitrogens with two attached hydrogens (primary N) is 1. The number of nitriles is 1. The number of anilines is 1. The zero-order valence-corrected chi connectivity index (χ0v) is 11.5. The molecule has 0 aliphatic heterocycles. The maximum atomic E-state index is 12.4. The van der Waals surface area contributed by atoms with Gasteiger partial charge in [-0.15, -0.1) is 0 Å². The highest BCUT2D eigenvalue weighted by Crippen LogP contribution is 2.23. The van der Waals surface area contributed by atoms with Crippen molar-refractivity contribution in [1.82, 2.24) is 4.90 Å². The molecule has 0 heterocycles. The Bertz CT molecular complexity index is 492. The van der Waals surface area contributed by atoms with Gasteiger partial charge in [0, 0.05) is 18.2 Å². The standard InChI is InChI=1S/C14H19N3O2/c1-10(2)17(8-4-7-15)14(18)11-5-6-12(16)13(9-11)19-3/h5-6,9-10H,4,8,16H2,1-3H3. The number of hydrogen-bond acceptors (Lipinski definition) is 4. The van der Waals surface area contributed by atoms with Crippen LogP contribution in [0.5, 0.6) is 5.75 Å². The fourth-order valence-corrected chi connectivity index (χ4v) is 1.77. The lowest BCUT2D eigenvalue weighted by atomic mass is 10.1. The van der Waals surface area contributed by atoms with Crippen LogP contribution < -0.4 is 10.5 Å². The fourth-order valence-electron chi connectivity index (χ4n) is 1.77. The second-order valence-corrected chi connectivity index (χ2v) is 4.46. The Kier molecular flexibility index (Phi) is 5.19. The number of ether oxygens (including phenoxy) is 1. The van der Waals surface area contributed by atoms with Crippen LogP contribution in [0.1, 0.15) is 30.6 Å². The average molecular weight is 261 g/mol. The Balaban J connectivity index is 2.99. The summed E-state index contributed by atoms with van der Waals surface area (Å²) < 4.78 is 5.11. The maximum Gasteiger partial charge on any atom is 0.254 e. The molecule has 0 aliphatic carbocycles. The van der Waals surface area contributed by atoms with E-state index in [1.54, 1.807) is 23.1 Å². The second kappa shape index (κ2) is 6.64. The van der Waals surface area contributed by atoms with Crippen LogP contribution in [-0.2, 0) is 0 Å². The molecule has 2 N–H and O–H groups in total. The highest BCUT2D eigenvalue weighted by molar-refractivity contribution is 5.95.